The number of likely N-dealkylation sites (N-methyl/N-ethyl adjacent to an activating group) is 1. The number of carbonyl (C=O) groups is 2. The van der Waals surface area contributed by atoms with Crippen molar-refractivity contribution in [3.05, 3.63) is 20.8 Å². The number of aromatic nitrogens is 2. The minimum absolute atomic E-state index is 0.0347. The molecule has 2 aromatic heterocycles. The smallest absolute Gasteiger partial charge is 0.260 e. The number of nitrogens with zero attached hydrogens (tertiary/aromatic N) is 2. The topological polar surface area (TPSA) is 95.2 Å². The molecule has 2 aromatic rings. The quantitative estimate of drug-likeness (QED) is 0.600. The molecule has 2 amide bonds. The Kier molecular flexibility index (Phi) is 5.43. The van der Waals surface area contributed by atoms with E-state index in [4.69, 9.17) is 0 Å². The van der Waals surface area contributed by atoms with E-state index in [1.807, 2.05) is 0 Å². The first-order valence-electron chi connectivity index (χ1n) is 8.10. The molecule has 3 rings (SSSR count). The van der Waals surface area contributed by atoms with Crippen molar-refractivity contribution in [2.45, 2.75) is 30.8 Å². The van der Waals surface area contributed by atoms with Crippen molar-refractivity contribution in [2.24, 2.45) is 0 Å². The van der Waals surface area contributed by atoms with Crippen molar-refractivity contribution in [1.29, 1.82) is 0 Å². The minimum Gasteiger partial charge on any atom is -0.347 e. The minimum atomic E-state index is -0.270. The van der Waals surface area contributed by atoms with Crippen LogP contribution in [0.25, 0.3) is 10.2 Å². The summed E-state index contributed by atoms with van der Waals surface area (Å²) in [6.07, 6.45) is 4.22. The number of aromatic amines is 1. The van der Waals surface area contributed by atoms with Crippen LogP contribution in [0, 0.1) is 0 Å². The van der Waals surface area contributed by atoms with Crippen molar-refractivity contribution in [3.8, 4) is 0 Å². The average molecular weight is 380 g/mol. The zero-order valence-corrected chi connectivity index (χ0v) is 15.8. The van der Waals surface area contributed by atoms with E-state index in [0.717, 1.165) is 36.1 Å². The van der Waals surface area contributed by atoms with Crippen LogP contribution in [0.3, 0.4) is 0 Å². The van der Waals surface area contributed by atoms with Gasteiger partial charge >= 0.3 is 0 Å². The van der Waals surface area contributed by atoms with Crippen LogP contribution in [-0.4, -0.2) is 53.1 Å². The maximum atomic E-state index is 12.4. The first-order chi connectivity index (χ1) is 12.0. The van der Waals surface area contributed by atoms with E-state index in [-0.39, 0.29) is 29.7 Å². The molecule has 9 heteroatoms. The second-order valence-electron chi connectivity index (χ2n) is 6.12. The molecule has 0 fully saturated rings. The molecule has 2 heterocycles. The van der Waals surface area contributed by atoms with Crippen LogP contribution >= 0.6 is 23.1 Å². The monoisotopic (exact) mass is 380 g/mol. The summed E-state index contributed by atoms with van der Waals surface area (Å²) in [7, 11) is 3.27. The molecule has 7 nitrogen and oxygen atoms in total. The molecule has 1 aliphatic carbocycles. The van der Waals surface area contributed by atoms with Gasteiger partial charge in [0.15, 0.2) is 5.16 Å². The number of nitrogens with one attached hydrogen (secondary N) is 2. The fourth-order valence-corrected chi connectivity index (χ4v) is 4.74. The molecule has 0 saturated heterocycles. The van der Waals surface area contributed by atoms with Crippen LogP contribution in [0.1, 0.15) is 23.3 Å². The van der Waals surface area contributed by atoms with Crippen molar-refractivity contribution >= 4 is 45.1 Å². The zero-order valence-electron chi connectivity index (χ0n) is 14.2. The normalized spacial score (nSPS) is 13.5. The number of hydrogen-bond donors (Lipinski definition) is 2. The van der Waals surface area contributed by atoms with Crippen LogP contribution in [0.15, 0.2) is 9.95 Å². The van der Waals surface area contributed by atoms with Crippen LogP contribution < -0.4 is 10.9 Å². The standard InChI is InChI=1S/C16H20N4O3S2/c1-20(2)12(22)7-17-11(21)8-24-16-18-14(23)13-9-5-3-4-6-10(9)25-15(13)19-16/h3-8H2,1-2H3,(H,17,21)(H,18,19,23). The SMILES string of the molecule is CN(C)C(=O)CNC(=O)CSc1nc2sc3c(c2c(=O)[nH]1)CCCC3. The molecule has 0 spiro atoms. The molecule has 0 radical (unpaired) electrons. The van der Waals surface area contributed by atoms with E-state index in [1.165, 1.54) is 21.5 Å². The Hall–Kier alpha value is -1.87. The van der Waals surface area contributed by atoms with Gasteiger partial charge in [-0.3, -0.25) is 14.4 Å². The van der Waals surface area contributed by atoms with Gasteiger partial charge in [-0.25, -0.2) is 4.98 Å². The second-order valence-corrected chi connectivity index (χ2v) is 8.16. The number of hydrogen-bond acceptors (Lipinski definition) is 6. The van der Waals surface area contributed by atoms with E-state index in [9.17, 15) is 14.4 Å². The van der Waals surface area contributed by atoms with Crippen LogP contribution in [0.5, 0.6) is 0 Å². The maximum Gasteiger partial charge on any atom is 0.260 e. The summed E-state index contributed by atoms with van der Waals surface area (Å²) in [6, 6.07) is 0. The first-order valence-corrected chi connectivity index (χ1v) is 9.90. The van der Waals surface area contributed by atoms with Crippen LogP contribution in [0.4, 0.5) is 0 Å². The Morgan fingerprint density at radius 1 is 1.32 bits per heavy atom. The molecule has 0 aliphatic heterocycles. The maximum absolute atomic E-state index is 12.4. The third-order valence-corrected chi connectivity index (χ3v) is 6.14. The van der Waals surface area contributed by atoms with Gasteiger partial charge in [0, 0.05) is 19.0 Å². The van der Waals surface area contributed by atoms with Gasteiger partial charge in [-0.15, -0.1) is 11.3 Å². The Bertz CT molecular complexity index is 872. The molecule has 2 N–H and O–H groups in total. The Morgan fingerprint density at radius 3 is 2.84 bits per heavy atom. The summed E-state index contributed by atoms with van der Waals surface area (Å²) >= 11 is 2.75. The summed E-state index contributed by atoms with van der Waals surface area (Å²) in [6.45, 7) is -0.0347. The van der Waals surface area contributed by atoms with Crippen LogP contribution in [-0.2, 0) is 22.4 Å². The molecular formula is C16H20N4O3S2. The summed E-state index contributed by atoms with van der Waals surface area (Å²) < 4.78 is 0. The van der Waals surface area contributed by atoms with E-state index in [2.05, 4.69) is 15.3 Å². The Morgan fingerprint density at radius 2 is 2.08 bits per heavy atom. The molecule has 25 heavy (non-hydrogen) atoms. The third kappa shape index (κ3) is 4.04. The lowest BCUT2D eigenvalue weighted by molar-refractivity contribution is -0.130. The van der Waals surface area contributed by atoms with Crippen molar-refractivity contribution in [1.82, 2.24) is 20.2 Å². The number of carbonyl (C=O) groups excluding carboxylic acids is 2. The van der Waals surface area contributed by atoms with Crippen molar-refractivity contribution in [2.75, 3.05) is 26.4 Å². The number of thioether (sulfide) groups is 1. The number of amides is 2. The van der Waals surface area contributed by atoms with Crippen LogP contribution in [0.2, 0.25) is 0 Å². The lowest BCUT2D eigenvalue weighted by Crippen LogP contribution is -2.37. The number of fused-ring (bicyclic) bond motifs is 3. The third-order valence-electron chi connectivity index (χ3n) is 4.08. The van der Waals surface area contributed by atoms with E-state index < -0.39 is 0 Å². The number of rotatable bonds is 5. The average Bonchev–Trinajstić information content (AvgIpc) is 2.96. The molecular weight excluding hydrogens is 360 g/mol. The highest BCUT2D eigenvalue weighted by Crippen LogP contribution is 2.34. The lowest BCUT2D eigenvalue weighted by atomic mass is 9.97. The summed E-state index contributed by atoms with van der Waals surface area (Å²) in [5, 5.41) is 3.71. The van der Waals surface area contributed by atoms with E-state index in [1.54, 1.807) is 25.4 Å². The fraction of sp³-hybridized carbons (Fsp3) is 0.500. The largest absolute Gasteiger partial charge is 0.347 e. The van der Waals surface area contributed by atoms with Gasteiger partial charge < -0.3 is 15.2 Å². The summed E-state index contributed by atoms with van der Waals surface area (Å²) in [5.74, 6) is -0.343. The van der Waals surface area contributed by atoms with Gasteiger partial charge in [0.1, 0.15) is 4.83 Å². The predicted molar refractivity (Wildman–Crippen MR) is 99.3 cm³/mol. The summed E-state index contributed by atoms with van der Waals surface area (Å²) in [5.41, 5.74) is 1.02. The highest BCUT2D eigenvalue weighted by molar-refractivity contribution is 7.99. The molecule has 0 unspecified atom stereocenters. The van der Waals surface area contributed by atoms with Gasteiger partial charge in [-0.2, -0.15) is 0 Å². The highest BCUT2D eigenvalue weighted by atomic mass is 32.2. The van der Waals surface area contributed by atoms with Gasteiger partial charge in [-0.1, -0.05) is 11.8 Å². The Balaban J connectivity index is 1.67. The first kappa shape index (κ1) is 17.9. The summed E-state index contributed by atoms with van der Waals surface area (Å²) in [4.78, 5) is 46.4. The van der Waals surface area contributed by atoms with Gasteiger partial charge in [0.25, 0.3) is 5.56 Å². The number of thiophene rings is 1. The zero-order chi connectivity index (χ0) is 18.0. The van der Waals surface area contributed by atoms with Crippen molar-refractivity contribution < 1.29 is 9.59 Å². The fourth-order valence-electron chi connectivity index (χ4n) is 2.73. The van der Waals surface area contributed by atoms with Gasteiger partial charge in [-0.05, 0) is 31.2 Å². The van der Waals surface area contributed by atoms with E-state index >= 15 is 0 Å². The highest BCUT2D eigenvalue weighted by Gasteiger charge is 2.20. The van der Waals surface area contributed by atoms with E-state index in [0.29, 0.717) is 10.5 Å². The number of H-pyrrole nitrogens is 1. The Labute approximate surface area is 153 Å². The predicted octanol–water partition coefficient (Wildman–Crippen LogP) is 1.16. The molecule has 1 aliphatic rings. The van der Waals surface area contributed by atoms with Gasteiger partial charge in [0.05, 0.1) is 17.7 Å². The molecule has 0 aromatic carbocycles. The molecule has 0 saturated carbocycles. The lowest BCUT2D eigenvalue weighted by Gasteiger charge is -2.10. The van der Waals surface area contributed by atoms with Crippen molar-refractivity contribution in [3.63, 3.8) is 0 Å². The van der Waals surface area contributed by atoms with Gasteiger partial charge in [0.2, 0.25) is 11.8 Å². The molecule has 134 valence electrons. The molecule has 0 atom stereocenters. The second kappa shape index (κ2) is 7.57. The molecule has 0 bridgehead atoms. The number of aryl methyl sites for hydroxylation is 2.